The van der Waals surface area contributed by atoms with Gasteiger partial charge in [0.2, 0.25) is 0 Å². The Bertz CT molecular complexity index is 791. The first kappa shape index (κ1) is 23.4. The standard InChI is InChI=1S/C30H50O2/c1-20(9-8-14-25(2,3)32)21-12-15-28(7)23-11-10-22-26(4,5)24(31)13-16-29(22)19-30(23,29)18-17-27(21,28)6/h8,14,20-24,31-32H,9-13,15-19H2,1-7H3/t20-,21+,22+,23+,24-,27+,28-,29+,30-/m0/s1. The fourth-order valence-electron chi connectivity index (χ4n) is 11.0. The topological polar surface area (TPSA) is 40.5 Å². The zero-order valence-corrected chi connectivity index (χ0v) is 22.0. The molecule has 2 spiro atoms. The summed E-state index contributed by atoms with van der Waals surface area (Å²) in [5.74, 6) is 3.10. The van der Waals surface area contributed by atoms with Crippen molar-refractivity contribution in [3.63, 3.8) is 0 Å². The van der Waals surface area contributed by atoms with Crippen LogP contribution in [0.4, 0.5) is 0 Å². The monoisotopic (exact) mass is 442 g/mol. The van der Waals surface area contributed by atoms with Gasteiger partial charge in [0.05, 0.1) is 11.7 Å². The molecule has 0 heterocycles. The minimum atomic E-state index is -0.703. The Labute approximate surface area is 197 Å². The molecule has 0 aliphatic heterocycles. The smallest absolute Gasteiger partial charge is 0.0771 e. The molecule has 0 aromatic rings. The van der Waals surface area contributed by atoms with Gasteiger partial charge < -0.3 is 10.2 Å². The summed E-state index contributed by atoms with van der Waals surface area (Å²) in [6.07, 6.45) is 17.4. The predicted octanol–water partition coefficient (Wildman–Crippen LogP) is 7.14. The van der Waals surface area contributed by atoms with E-state index in [1.807, 2.05) is 19.9 Å². The van der Waals surface area contributed by atoms with E-state index in [1.54, 1.807) is 0 Å². The van der Waals surface area contributed by atoms with Crippen LogP contribution >= 0.6 is 0 Å². The van der Waals surface area contributed by atoms with Gasteiger partial charge >= 0.3 is 0 Å². The molecule has 5 aliphatic carbocycles. The zero-order chi connectivity index (χ0) is 23.4. The zero-order valence-electron chi connectivity index (χ0n) is 22.0. The van der Waals surface area contributed by atoms with E-state index in [0.717, 1.165) is 30.6 Å². The molecule has 0 radical (unpaired) electrons. The highest BCUT2D eigenvalue weighted by molar-refractivity contribution is 5.30. The summed E-state index contributed by atoms with van der Waals surface area (Å²) < 4.78 is 0. The molecular weight excluding hydrogens is 392 g/mol. The second kappa shape index (κ2) is 6.87. The van der Waals surface area contributed by atoms with E-state index in [4.69, 9.17) is 0 Å². The van der Waals surface area contributed by atoms with E-state index in [-0.39, 0.29) is 11.5 Å². The van der Waals surface area contributed by atoms with Crippen LogP contribution in [0.25, 0.3) is 0 Å². The van der Waals surface area contributed by atoms with Crippen molar-refractivity contribution in [1.82, 2.24) is 0 Å². The Morgan fingerprint density at radius 1 is 0.875 bits per heavy atom. The second-order valence-electron chi connectivity index (χ2n) is 14.8. The highest BCUT2D eigenvalue weighted by Crippen LogP contribution is 2.89. The van der Waals surface area contributed by atoms with Crippen molar-refractivity contribution in [1.29, 1.82) is 0 Å². The molecule has 2 nitrogen and oxygen atoms in total. The van der Waals surface area contributed by atoms with E-state index in [0.29, 0.717) is 27.6 Å². The van der Waals surface area contributed by atoms with Crippen molar-refractivity contribution in [3.05, 3.63) is 12.2 Å². The third-order valence-corrected chi connectivity index (χ3v) is 12.9. The van der Waals surface area contributed by atoms with Gasteiger partial charge in [0.25, 0.3) is 0 Å². The van der Waals surface area contributed by atoms with Crippen molar-refractivity contribution >= 4 is 0 Å². The van der Waals surface area contributed by atoms with Gasteiger partial charge in [-0.2, -0.15) is 0 Å². The van der Waals surface area contributed by atoms with E-state index >= 15 is 0 Å². The normalized spacial score (nSPS) is 52.7. The number of allylic oxidation sites excluding steroid dienone is 1. The van der Waals surface area contributed by atoms with Crippen LogP contribution in [0.2, 0.25) is 0 Å². The summed E-state index contributed by atoms with van der Waals surface area (Å²) in [7, 11) is 0. The maximum atomic E-state index is 10.8. The molecule has 0 aromatic heterocycles. The van der Waals surface area contributed by atoms with Crippen LogP contribution in [-0.2, 0) is 0 Å². The Kier molecular flexibility index (Phi) is 5.02. The number of fused-ring (bicyclic) bond motifs is 2. The molecule has 9 atom stereocenters. The van der Waals surface area contributed by atoms with E-state index in [9.17, 15) is 10.2 Å². The Hall–Kier alpha value is -0.340. The van der Waals surface area contributed by atoms with Gasteiger partial charge in [-0.05, 0) is 129 Å². The average Bonchev–Trinajstić information content (AvgIpc) is 3.27. The molecule has 0 amide bonds. The van der Waals surface area contributed by atoms with Crippen LogP contribution < -0.4 is 0 Å². The fraction of sp³-hybridized carbons (Fsp3) is 0.933. The van der Waals surface area contributed by atoms with Crippen molar-refractivity contribution in [3.8, 4) is 0 Å². The first-order chi connectivity index (χ1) is 14.7. The Morgan fingerprint density at radius 3 is 2.22 bits per heavy atom. The quantitative estimate of drug-likeness (QED) is 0.454. The summed E-state index contributed by atoms with van der Waals surface area (Å²) in [5, 5.41) is 20.9. The molecule has 5 rings (SSSR count). The molecule has 0 unspecified atom stereocenters. The van der Waals surface area contributed by atoms with Gasteiger partial charge in [-0.25, -0.2) is 0 Å². The third kappa shape index (κ3) is 2.84. The van der Waals surface area contributed by atoms with Crippen LogP contribution in [0.5, 0.6) is 0 Å². The lowest BCUT2D eigenvalue weighted by Crippen LogP contribution is -2.57. The molecule has 0 bridgehead atoms. The predicted molar refractivity (Wildman–Crippen MR) is 132 cm³/mol. The number of aliphatic hydroxyl groups excluding tert-OH is 1. The summed E-state index contributed by atoms with van der Waals surface area (Å²) in [6, 6.07) is 0. The highest BCUT2D eigenvalue weighted by Gasteiger charge is 2.82. The number of aliphatic hydroxyl groups is 2. The van der Waals surface area contributed by atoms with Crippen LogP contribution in [0.15, 0.2) is 12.2 Å². The van der Waals surface area contributed by atoms with Crippen molar-refractivity contribution in [2.24, 2.45) is 50.7 Å². The first-order valence-corrected chi connectivity index (χ1v) is 13.8. The molecule has 5 fully saturated rings. The van der Waals surface area contributed by atoms with E-state index < -0.39 is 5.60 Å². The van der Waals surface area contributed by atoms with Crippen LogP contribution in [0.3, 0.4) is 0 Å². The van der Waals surface area contributed by atoms with Crippen molar-refractivity contribution in [2.45, 2.75) is 124 Å². The summed E-state index contributed by atoms with van der Waals surface area (Å²) in [6.45, 7) is 16.3. The van der Waals surface area contributed by atoms with Crippen LogP contribution in [-0.4, -0.2) is 21.9 Å². The Morgan fingerprint density at radius 2 is 1.53 bits per heavy atom. The van der Waals surface area contributed by atoms with Gasteiger partial charge in [0, 0.05) is 0 Å². The molecule has 32 heavy (non-hydrogen) atoms. The van der Waals surface area contributed by atoms with Gasteiger partial charge in [-0.15, -0.1) is 0 Å². The molecule has 182 valence electrons. The van der Waals surface area contributed by atoms with E-state index in [2.05, 4.69) is 40.7 Å². The molecule has 2 heteroatoms. The Balaban J connectivity index is 1.40. The summed E-state index contributed by atoms with van der Waals surface area (Å²) in [5.41, 5.74) is 1.44. The first-order valence-electron chi connectivity index (χ1n) is 13.8. The van der Waals surface area contributed by atoms with Gasteiger partial charge in [-0.1, -0.05) is 46.8 Å². The van der Waals surface area contributed by atoms with Crippen LogP contribution in [0.1, 0.15) is 113 Å². The molecule has 0 aromatic carbocycles. The molecule has 5 aliphatic rings. The summed E-state index contributed by atoms with van der Waals surface area (Å²) in [4.78, 5) is 0. The largest absolute Gasteiger partial charge is 0.393 e. The SMILES string of the molecule is C[C@@H](CC=CC(C)(C)O)[C@H]1CC[C@@]2(C)[C@H]3CC[C@@H]4C(C)(C)[C@@H](O)CC[C@@]45C[C@@]35CC[C@]12C. The maximum absolute atomic E-state index is 10.8. The average molecular weight is 443 g/mol. The third-order valence-electron chi connectivity index (χ3n) is 12.9. The maximum Gasteiger partial charge on any atom is 0.0771 e. The minimum Gasteiger partial charge on any atom is -0.393 e. The lowest BCUT2D eigenvalue weighted by Gasteiger charge is -2.63. The molecule has 0 saturated heterocycles. The van der Waals surface area contributed by atoms with Crippen LogP contribution in [0, 0.1) is 50.7 Å². The molecule has 2 N–H and O–H groups in total. The highest BCUT2D eigenvalue weighted by atomic mass is 16.3. The van der Waals surface area contributed by atoms with Gasteiger partial charge in [0.1, 0.15) is 0 Å². The number of hydrogen-bond acceptors (Lipinski definition) is 2. The minimum absolute atomic E-state index is 0.0912. The lowest BCUT2D eigenvalue weighted by atomic mass is 9.42. The second-order valence-corrected chi connectivity index (χ2v) is 14.8. The summed E-state index contributed by atoms with van der Waals surface area (Å²) >= 11 is 0. The van der Waals surface area contributed by atoms with Gasteiger partial charge in [-0.3, -0.25) is 0 Å². The van der Waals surface area contributed by atoms with Crippen molar-refractivity contribution in [2.75, 3.05) is 0 Å². The van der Waals surface area contributed by atoms with E-state index in [1.165, 1.54) is 51.4 Å². The molecular formula is C30H50O2. The molecule has 5 saturated carbocycles. The fourth-order valence-corrected chi connectivity index (χ4v) is 11.0. The van der Waals surface area contributed by atoms with Crippen molar-refractivity contribution < 1.29 is 10.2 Å². The number of rotatable bonds is 4. The lowest BCUT2D eigenvalue weighted by molar-refractivity contribution is -0.161. The van der Waals surface area contributed by atoms with Gasteiger partial charge in [0.15, 0.2) is 0 Å². The number of hydrogen-bond donors (Lipinski definition) is 2.